The van der Waals surface area contributed by atoms with E-state index in [0.717, 1.165) is 21.8 Å². The Hall–Kier alpha value is -3.01. The summed E-state index contributed by atoms with van der Waals surface area (Å²) >= 11 is 0. The molecule has 0 spiro atoms. The third-order valence-electron chi connectivity index (χ3n) is 7.41. The number of carbonyl (C=O) groups excluding carboxylic acids is 3. The summed E-state index contributed by atoms with van der Waals surface area (Å²) < 4.78 is 0. The van der Waals surface area contributed by atoms with Crippen LogP contribution in [0.2, 0.25) is 0 Å². The first-order chi connectivity index (χ1) is 23.3. The summed E-state index contributed by atoms with van der Waals surface area (Å²) in [7, 11) is 0. The Morgan fingerprint density at radius 3 is 1.04 bits per heavy atom. The van der Waals surface area contributed by atoms with E-state index >= 15 is 0 Å². The number of carbonyl (C=O) groups is 3. The molecule has 0 bridgehead atoms. The number of benzene rings is 1. The normalized spacial score (nSPS) is 12.8. The Morgan fingerprint density at radius 2 is 0.796 bits per heavy atom. The summed E-state index contributed by atoms with van der Waals surface area (Å²) in [6.07, 6.45) is 7.26. The second-order valence-electron chi connectivity index (χ2n) is 18.3. The van der Waals surface area contributed by atoms with Crippen molar-refractivity contribution in [3.05, 3.63) is 91.7 Å². The van der Waals surface area contributed by atoms with Crippen LogP contribution in [0, 0.1) is 80.4 Å². The van der Waals surface area contributed by atoms with Gasteiger partial charge in [0.25, 0.3) is 0 Å². The van der Waals surface area contributed by atoms with E-state index in [2.05, 4.69) is 34.2 Å². The first-order valence-corrected chi connectivity index (χ1v) is 17.7. The Labute approximate surface area is 358 Å². The molecule has 3 aromatic rings. The molecule has 9 heteroatoms. The van der Waals surface area contributed by atoms with Crippen molar-refractivity contribution in [2.24, 2.45) is 33.0 Å². The predicted octanol–water partition coefficient (Wildman–Crippen LogP) is 8.52. The van der Waals surface area contributed by atoms with Gasteiger partial charge in [0, 0.05) is 39.4 Å². The number of rotatable bonds is 4. The third-order valence-corrected chi connectivity index (χ3v) is 7.41. The van der Waals surface area contributed by atoms with Gasteiger partial charge in [0.2, 0.25) is 0 Å². The molecule has 1 radical (unpaired) electrons. The van der Waals surface area contributed by atoms with Crippen LogP contribution in [0.5, 0.6) is 0 Å². The number of pyridine rings is 2. The largest absolute Gasteiger partial charge is 3.00 e. The van der Waals surface area contributed by atoms with Crippen LogP contribution in [0.3, 0.4) is 0 Å². The molecule has 0 fully saturated rings. The molecule has 54 heavy (non-hydrogen) atoms. The number of fused-ring (bicyclic) bond motifs is 3. The van der Waals surface area contributed by atoms with E-state index < -0.39 is 27.1 Å². The van der Waals surface area contributed by atoms with Crippen molar-refractivity contribution in [1.29, 1.82) is 0 Å². The van der Waals surface area contributed by atoms with Gasteiger partial charge in [0.05, 0.1) is 11.0 Å². The second-order valence-corrected chi connectivity index (χ2v) is 18.3. The van der Waals surface area contributed by atoms with E-state index in [9.17, 15) is 29.7 Å². The van der Waals surface area contributed by atoms with Gasteiger partial charge < -0.3 is 22.7 Å². The van der Waals surface area contributed by atoms with Gasteiger partial charge in [-0.3, -0.25) is 24.4 Å². The zero-order chi connectivity index (χ0) is 41.0. The van der Waals surface area contributed by atoms with E-state index in [4.69, 9.17) is 0 Å². The fourth-order valence-corrected chi connectivity index (χ4v) is 3.30. The minimum Gasteiger partial charge on any atom is -0.875 e. The van der Waals surface area contributed by atoms with Crippen LogP contribution in [-0.2, 0) is 14.4 Å². The summed E-state index contributed by atoms with van der Waals surface area (Å²) in [6, 6.07) is 12.1. The molecule has 2 aromatic heterocycles. The van der Waals surface area contributed by atoms with E-state index in [1.807, 2.05) is 95.2 Å². The summed E-state index contributed by atoms with van der Waals surface area (Å²) in [6.45, 7) is 30.7. The summed E-state index contributed by atoms with van der Waals surface area (Å²) in [5.74, 6) is -0.688. The molecule has 0 N–H and O–H groups in total. The van der Waals surface area contributed by atoms with Crippen LogP contribution < -0.4 is 15.3 Å². The van der Waals surface area contributed by atoms with E-state index in [1.165, 1.54) is 18.2 Å². The Bertz CT molecular complexity index is 1640. The first-order valence-electron chi connectivity index (χ1n) is 17.7. The van der Waals surface area contributed by atoms with E-state index in [0.29, 0.717) is 0 Å². The maximum atomic E-state index is 11.4. The van der Waals surface area contributed by atoms with Crippen molar-refractivity contribution in [1.82, 2.24) is 9.97 Å². The molecular formula is C45H66GdN2O6-. The van der Waals surface area contributed by atoms with Crippen LogP contribution in [0.4, 0.5) is 0 Å². The van der Waals surface area contributed by atoms with Crippen LogP contribution in [-0.4, -0.2) is 27.3 Å². The van der Waals surface area contributed by atoms with Crippen molar-refractivity contribution in [3.63, 3.8) is 0 Å². The van der Waals surface area contributed by atoms with Crippen molar-refractivity contribution < 1.29 is 69.6 Å². The fraction of sp³-hybridized carbons (Fsp3) is 0.511. The SMILES string of the molecule is CC(C)(C)C(=O)/C=C(\[O-])C(C)(C)C.CC(C)(C)C(=O)/C=C(\[O-])C(C)(C)C.CC(C)/C([O-])=C/C(=O)C(C)(C)C.[CH3-].[Gd+3].c1cnc2c(c1)ccc1cccnc12. The number of ketones is 3. The summed E-state index contributed by atoms with van der Waals surface area (Å²) in [5, 5.41) is 36.3. The van der Waals surface area contributed by atoms with E-state index in [-0.39, 0.29) is 87.9 Å². The van der Waals surface area contributed by atoms with Crippen molar-refractivity contribution in [2.75, 3.05) is 0 Å². The third kappa shape index (κ3) is 20.6. The number of hydrogen-bond donors (Lipinski definition) is 0. The maximum absolute atomic E-state index is 11.4. The predicted molar refractivity (Wildman–Crippen MR) is 215 cm³/mol. The zero-order valence-electron chi connectivity index (χ0n) is 36.1. The first kappa shape index (κ1) is 55.3. The average Bonchev–Trinajstić information content (AvgIpc) is 2.99. The van der Waals surface area contributed by atoms with Crippen LogP contribution >= 0.6 is 0 Å². The molecule has 0 atom stereocenters. The van der Waals surface area contributed by atoms with Gasteiger partial charge in [-0.25, -0.2) is 0 Å². The molecule has 0 aliphatic rings. The molecule has 3 rings (SSSR count). The number of nitrogens with zero attached hydrogens (tertiary/aromatic N) is 2. The minimum absolute atomic E-state index is 0. The van der Waals surface area contributed by atoms with Gasteiger partial charge in [-0.05, 0) is 47.1 Å². The summed E-state index contributed by atoms with van der Waals surface area (Å²) in [4.78, 5) is 42.9. The van der Waals surface area contributed by atoms with Crippen LogP contribution in [0.25, 0.3) is 21.8 Å². The number of hydrogen-bond acceptors (Lipinski definition) is 8. The van der Waals surface area contributed by atoms with Crippen molar-refractivity contribution >= 4 is 39.2 Å². The van der Waals surface area contributed by atoms with Crippen molar-refractivity contribution in [2.45, 2.75) is 118 Å². The monoisotopic (exact) mass is 888 g/mol. The number of aromatic nitrogens is 2. The molecule has 1 aromatic carbocycles. The Morgan fingerprint density at radius 1 is 0.519 bits per heavy atom. The molecule has 0 saturated heterocycles. The fourth-order valence-electron chi connectivity index (χ4n) is 3.30. The molecule has 0 amide bonds. The molecule has 0 unspecified atom stereocenters. The Kier molecular flexibility index (Phi) is 23.1. The van der Waals surface area contributed by atoms with Gasteiger partial charge in [0.15, 0.2) is 17.3 Å². The molecule has 0 saturated carbocycles. The quantitative estimate of drug-likeness (QED) is 0.110. The standard InChI is InChI=1S/C12H8N2.2C11H20O2.C10H18O2.CH3.Gd/c1-3-9-5-6-10-4-2-8-14-12(10)11(9)13-7-1;2*1-10(2,3)8(12)7-9(13)11(4,5)6;1-7(2)8(11)6-9(12)10(3,4)5;;/h1-8H;2*7,12H,1-6H3;6-7,11H,1-5H3;1H3;/q;;;;-1;+3/p-3/b;2*8-7-;8-6-;;. The van der Waals surface area contributed by atoms with Gasteiger partial charge >= 0.3 is 39.9 Å². The Balaban J connectivity index is -0.000000636. The van der Waals surface area contributed by atoms with Gasteiger partial charge in [-0.1, -0.05) is 142 Å². The second kappa shape index (κ2) is 22.5. The summed E-state index contributed by atoms with van der Waals surface area (Å²) in [5.41, 5.74) is -0.315. The van der Waals surface area contributed by atoms with Crippen molar-refractivity contribution in [3.8, 4) is 0 Å². The topological polar surface area (TPSA) is 146 Å². The molecule has 0 aliphatic carbocycles. The van der Waals surface area contributed by atoms with Crippen LogP contribution in [0.15, 0.2) is 84.3 Å². The maximum Gasteiger partial charge on any atom is 3.00 e. The van der Waals surface area contributed by atoms with Gasteiger partial charge in [0.1, 0.15) is 0 Å². The van der Waals surface area contributed by atoms with E-state index in [1.54, 1.807) is 47.0 Å². The van der Waals surface area contributed by atoms with Gasteiger partial charge in [-0.15, -0.1) is 17.3 Å². The molecule has 8 nitrogen and oxygen atoms in total. The molecule has 0 aliphatic heterocycles. The molecular weight excluding hydrogens is 822 g/mol. The molecule has 301 valence electrons. The average molecular weight is 888 g/mol. The zero-order valence-corrected chi connectivity index (χ0v) is 38.4. The smallest absolute Gasteiger partial charge is 0.875 e. The minimum atomic E-state index is -0.457. The van der Waals surface area contributed by atoms with Gasteiger partial charge in [-0.2, -0.15) is 0 Å². The number of allylic oxidation sites excluding steroid dienone is 6. The van der Waals surface area contributed by atoms with Crippen LogP contribution in [0.1, 0.15) is 118 Å². The molecule has 2 heterocycles.